The quantitative estimate of drug-likeness (QED) is 0.0272. The van der Waals surface area contributed by atoms with Gasteiger partial charge in [0.25, 0.3) is 0 Å². The van der Waals surface area contributed by atoms with E-state index in [1.165, 1.54) is 28.4 Å². The van der Waals surface area contributed by atoms with Crippen molar-refractivity contribution in [3.8, 4) is 11.5 Å². The minimum atomic E-state index is -2.30. The zero-order chi connectivity index (χ0) is 86.4. The number of likely N-dealkylation sites (N-methyl/N-ethyl adjacent to an activating group) is 2. The molecule has 8 N–H and O–H groups in total. The van der Waals surface area contributed by atoms with Crippen molar-refractivity contribution in [2.75, 3.05) is 132 Å². The van der Waals surface area contributed by atoms with Crippen molar-refractivity contribution >= 4 is 69.0 Å². The number of H-pyrrole nitrogens is 2. The zero-order valence-electron chi connectivity index (χ0n) is 72.5. The first kappa shape index (κ1) is 85.7. The number of aliphatic carboxylic acids is 1. The van der Waals surface area contributed by atoms with Gasteiger partial charge in [0.05, 0.1) is 65.9 Å². The molecule has 0 radical (unpaired) electrons. The summed E-state index contributed by atoms with van der Waals surface area (Å²) < 4.78 is 41.8. The summed E-state index contributed by atoms with van der Waals surface area (Å²) >= 11 is 0. The number of fused-ring (bicyclic) bond motifs is 12. The lowest BCUT2D eigenvalue weighted by atomic mass is 9.47. The highest BCUT2D eigenvalue weighted by Crippen LogP contribution is 2.71. The van der Waals surface area contributed by atoms with Crippen LogP contribution in [0.4, 0.5) is 11.4 Å². The predicted molar refractivity (Wildman–Crippen MR) is 454 cm³/mol. The van der Waals surface area contributed by atoms with E-state index in [0.717, 1.165) is 79.9 Å². The monoisotopic (exact) mass is 1670 g/mol. The van der Waals surface area contributed by atoms with Gasteiger partial charge in [0.2, 0.25) is 11.2 Å². The third kappa shape index (κ3) is 12.1. The number of carboxylic acid groups (broad SMARTS) is 1. The number of rotatable bonds is 15. The molecule has 20 unspecified atom stereocenters. The van der Waals surface area contributed by atoms with E-state index in [0.29, 0.717) is 152 Å². The normalized spacial score (nSPS) is 36.2. The van der Waals surface area contributed by atoms with Crippen molar-refractivity contribution in [3.05, 3.63) is 142 Å². The van der Waals surface area contributed by atoms with Crippen molar-refractivity contribution in [1.29, 1.82) is 0 Å². The number of ether oxygens (including phenoxy) is 7. The minimum absolute atomic E-state index is 0.0673. The molecule has 27 heteroatoms. The van der Waals surface area contributed by atoms with Crippen molar-refractivity contribution < 1.29 is 92.6 Å². The van der Waals surface area contributed by atoms with Crippen LogP contribution in [-0.4, -0.2) is 277 Å². The van der Waals surface area contributed by atoms with Crippen LogP contribution in [0.1, 0.15) is 163 Å². The van der Waals surface area contributed by atoms with Crippen LogP contribution < -0.4 is 19.3 Å². The van der Waals surface area contributed by atoms with Gasteiger partial charge in [-0.15, -0.1) is 0 Å². The van der Waals surface area contributed by atoms with E-state index in [2.05, 4.69) is 66.0 Å². The molecule has 20 atom stereocenters. The van der Waals surface area contributed by atoms with Crippen LogP contribution in [0.2, 0.25) is 0 Å². The molecule has 27 nitrogen and oxygen atoms in total. The predicted octanol–water partition coefficient (Wildman–Crippen LogP) is 8.28. The molecular weight excluding hydrogens is 1550 g/mol. The lowest BCUT2D eigenvalue weighted by Gasteiger charge is -2.63. The van der Waals surface area contributed by atoms with Gasteiger partial charge in [0.1, 0.15) is 28.4 Å². The van der Waals surface area contributed by atoms with Gasteiger partial charge in [0.15, 0.2) is 6.10 Å². The summed E-state index contributed by atoms with van der Waals surface area (Å²) in [7, 11) is 12.3. The summed E-state index contributed by atoms with van der Waals surface area (Å²) in [6.07, 6.45) is 12.1. The minimum Gasteiger partial charge on any atom is -0.496 e. The van der Waals surface area contributed by atoms with E-state index in [-0.39, 0.29) is 36.8 Å². The molecule has 6 fully saturated rings. The number of nitrogens with zero attached hydrogens (tertiary/aromatic N) is 6. The lowest BCUT2D eigenvalue weighted by molar-refractivity contribution is -0.229. The van der Waals surface area contributed by atoms with Gasteiger partial charge >= 0.3 is 35.8 Å². The van der Waals surface area contributed by atoms with Gasteiger partial charge < -0.3 is 83.6 Å². The number of aliphatic hydroxyl groups is 5. The maximum Gasteiger partial charge on any atom is 0.344 e. The highest BCUT2D eigenvalue weighted by Gasteiger charge is 2.82. The molecule has 6 aromatic rings. The summed E-state index contributed by atoms with van der Waals surface area (Å²) in [6.45, 7) is 18.0. The summed E-state index contributed by atoms with van der Waals surface area (Å²) in [6, 6.07) is 22.0. The molecule has 652 valence electrons. The Labute approximate surface area is 707 Å². The molecule has 10 aliphatic heterocycles. The van der Waals surface area contributed by atoms with E-state index in [1.54, 1.807) is 28.1 Å². The molecule has 4 saturated heterocycles. The van der Waals surface area contributed by atoms with Crippen molar-refractivity contribution in [2.45, 2.75) is 212 Å². The first-order chi connectivity index (χ1) is 57.9. The third-order valence-electron chi connectivity index (χ3n) is 31.5. The van der Waals surface area contributed by atoms with E-state index >= 15 is 9.59 Å². The molecule has 18 rings (SSSR count). The van der Waals surface area contributed by atoms with Crippen LogP contribution in [0, 0.1) is 22.7 Å². The number of aliphatic hydroxyl groups excluding tert-OH is 1. The maximum absolute atomic E-state index is 15.4. The highest BCUT2D eigenvalue weighted by atomic mass is 16.6. The largest absolute Gasteiger partial charge is 0.496 e. The van der Waals surface area contributed by atoms with Crippen LogP contribution in [-0.2, 0) is 87.0 Å². The second-order valence-electron chi connectivity index (χ2n) is 36.8. The highest BCUT2D eigenvalue weighted by molar-refractivity contribution is 5.97. The van der Waals surface area contributed by atoms with Crippen molar-refractivity contribution in [3.63, 3.8) is 0 Å². The number of aromatic amines is 2. The molecule has 2 aliphatic carbocycles. The first-order valence-corrected chi connectivity index (χ1v) is 43.6. The second-order valence-corrected chi connectivity index (χ2v) is 36.8. The van der Waals surface area contributed by atoms with Gasteiger partial charge in [-0.3, -0.25) is 38.8 Å². The maximum atomic E-state index is 15.4. The molecule has 2 saturated carbocycles. The van der Waals surface area contributed by atoms with Crippen LogP contribution in [0.25, 0.3) is 21.8 Å². The van der Waals surface area contributed by atoms with Crippen LogP contribution >= 0.6 is 0 Å². The Morgan fingerprint density at radius 3 is 1.31 bits per heavy atom. The lowest BCUT2D eigenvalue weighted by Crippen LogP contribution is -2.81. The number of benzene rings is 4. The molecule has 4 aromatic carbocycles. The van der Waals surface area contributed by atoms with Gasteiger partial charge in [-0.05, 0) is 148 Å². The molecule has 4 bridgehead atoms. The topological polar surface area (TPSA) is 339 Å². The Kier molecular flexibility index (Phi) is 22.0. The van der Waals surface area contributed by atoms with Crippen LogP contribution in [0.15, 0.2) is 97.1 Å². The summed E-state index contributed by atoms with van der Waals surface area (Å²) in [5.74, 6) is -3.12. The fourth-order valence-corrected chi connectivity index (χ4v) is 26.7. The average Bonchev–Trinajstić information content (AvgIpc) is 1.49. The number of aromatic nitrogens is 2. The van der Waals surface area contributed by atoms with E-state index in [9.17, 15) is 44.7 Å². The van der Waals surface area contributed by atoms with Gasteiger partial charge in [0, 0.05) is 181 Å². The van der Waals surface area contributed by atoms with E-state index < -0.39 is 115 Å². The van der Waals surface area contributed by atoms with Gasteiger partial charge in [-0.1, -0.05) is 102 Å². The van der Waals surface area contributed by atoms with Gasteiger partial charge in [-0.2, -0.15) is 0 Å². The zero-order valence-corrected chi connectivity index (χ0v) is 72.5. The fourth-order valence-electron chi connectivity index (χ4n) is 26.7. The number of nitrogens with one attached hydrogen (secondary N) is 2. The Bertz CT molecular complexity index is 5160. The van der Waals surface area contributed by atoms with Crippen molar-refractivity contribution in [2.24, 2.45) is 22.7 Å². The number of anilines is 2. The Balaban J connectivity index is 0.000000171. The number of hydrogen-bond donors (Lipinski definition) is 8. The SMILES string of the molecule is CCC(=O)O.CCC(=O)OC1C2(CC)C=CCN3CCC4(c5cc(C6(C(=O)OC)CC7CN(CCc8c6[nH]c6ccccc86)CC(O)(CC)C7)c(OC)cc5N(C)C4C1(O)C(=O)OC)C32.CCC1(O)CC2CN(CCc3c([nH]c4ccccc34)C(C(=O)OC)(c3cc4c(cc3OC)N(C)C3C(O)(C(=O)OC)C(O)C5(CC)C=CCN6CCC43C65)C2)C1. The number of esters is 5. The summed E-state index contributed by atoms with van der Waals surface area (Å²) in [4.78, 5) is 103. The summed E-state index contributed by atoms with van der Waals surface area (Å²) in [5, 5.41) is 72.5. The molecule has 121 heavy (non-hydrogen) atoms. The molecule has 12 heterocycles. The van der Waals surface area contributed by atoms with E-state index in [1.807, 2.05) is 112 Å². The second kappa shape index (κ2) is 31.1. The van der Waals surface area contributed by atoms with Crippen LogP contribution in [0.5, 0.6) is 11.5 Å². The molecule has 0 amide bonds. The number of para-hydroxylation sites is 2. The average molecular weight is 1670 g/mol. The molecule has 12 aliphatic rings. The van der Waals surface area contributed by atoms with E-state index in [4.69, 9.17) is 38.3 Å². The van der Waals surface area contributed by atoms with Gasteiger partial charge in [-0.25, -0.2) is 9.59 Å². The van der Waals surface area contributed by atoms with Crippen LogP contribution in [0.3, 0.4) is 0 Å². The Morgan fingerprint density at radius 2 is 0.909 bits per heavy atom. The smallest absolute Gasteiger partial charge is 0.344 e. The Morgan fingerprint density at radius 1 is 0.496 bits per heavy atom. The Hall–Kier alpha value is -8.90. The number of hydrogen-bond acceptors (Lipinski definition) is 24. The fraction of sp³-hybridized carbons (Fsp3) is 0.596. The summed E-state index contributed by atoms with van der Waals surface area (Å²) in [5.41, 5.74) is -3.04. The number of methoxy groups -OCH3 is 6. The number of carboxylic acids is 1. The number of carbonyl (C=O) groups is 6. The third-order valence-corrected chi connectivity index (χ3v) is 31.5. The molecule has 2 aromatic heterocycles. The standard InChI is InChI=1S/C47H60N4O9.C44H56N4O8.C3H6O2/c1-8-36(52)60-40-44(10-3)17-13-19-51-21-18-45(38(44)51)31-22-32(35(57-5)23-34(31)49(4)39(45)47(40,56)42(54)59-7)46(41(53)58-6)25-28-24-43(55,9-2)27-50(26-28)20-16-30-29-14-11-12-15-33(29)48-37(30)46;1-7-40(52)22-26-23-43(38(50)55-5,34-28(14-18-47(24-26)25-40)27-12-9-10-13-31(27)45-34)30-20-29-32(21-33(30)54-4)46(3)36-42(29)16-19-48-17-11-15-41(8-2,35(42)48)37(49)44(36,53)39(51)56-6;1-2-3(4)5/h11-15,17,22-23,28,38-40,48,55-56H,8-10,16,18-21,24-27H2,1-7H3;9-13,15,20-21,26,35-37,45,49,52-53H,7-8,14,16-19,22-25H2,1-6H3;2H2,1H3,(H,4,5). The number of piperidine rings is 2. The molecular formula is C94H122N8O19. The molecule has 2 spiro atoms. The number of carbonyl (C=O) groups excluding carboxylic acids is 5. The van der Waals surface area contributed by atoms with Crippen molar-refractivity contribution in [1.82, 2.24) is 29.6 Å². The first-order valence-electron chi connectivity index (χ1n) is 43.6.